The van der Waals surface area contributed by atoms with E-state index in [1.165, 1.54) is 10.9 Å². The van der Waals surface area contributed by atoms with Crippen molar-refractivity contribution in [3.8, 4) is 5.69 Å². The molecule has 0 amide bonds. The maximum Gasteiger partial charge on any atom is 0.283 e. The Balaban J connectivity index is 2.32. The molecule has 6 nitrogen and oxygen atoms in total. The first-order valence-electron chi connectivity index (χ1n) is 5.10. The van der Waals surface area contributed by atoms with Crippen molar-refractivity contribution in [1.29, 1.82) is 0 Å². The summed E-state index contributed by atoms with van der Waals surface area (Å²) >= 11 is 0. The van der Waals surface area contributed by atoms with Gasteiger partial charge in [-0.3, -0.25) is 14.3 Å². The lowest BCUT2D eigenvalue weighted by atomic mass is 10.4. The molecule has 1 N–H and O–H groups in total. The Bertz CT molecular complexity index is 728. The fraction of sp³-hybridized carbons (Fsp3) is 0.0909. The molecule has 0 radical (unpaired) electrons. The van der Waals surface area contributed by atoms with Crippen LogP contribution in [0.3, 0.4) is 0 Å². The average Bonchev–Trinajstić information content (AvgIpc) is 2.72. The SMILES string of the molecule is Cc1nc2ncn(-c3ccncc3)c(=O)c2[nH]1. The van der Waals surface area contributed by atoms with Gasteiger partial charge in [-0.2, -0.15) is 0 Å². The van der Waals surface area contributed by atoms with E-state index >= 15 is 0 Å². The monoisotopic (exact) mass is 227 g/mol. The minimum absolute atomic E-state index is 0.165. The van der Waals surface area contributed by atoms with Crippen molar-refractivity contribution in [2.24, 2.45) is 0 Å². The number of imidazole rings is 1. The first-order chi connectivity index (χ1) is 8.25. The van der Waals surface area contributed by atoms with E-state index in [9.17, 15) is 4.79 Å². The number of rotatable bonds is 1. The van der Waals surface area contributed by atoms with E-state index in [2.05, 4.69) is 19.9 Å². The van der Waals surface area contributed by atoms with Crippen molar-refractivity contribution < 1.29 is 0 Å². The van der Waals surface area contributed by atoms with Gasteiger partial charge in [0.15, 0.2) is 11.2 Å². The van der Waals surface area contributed by atoms with Crippen molar-refractivity contribution in [1.82, 2.24) is 24.5 Å². The minimum atomic E-state index is -0.165. The second-order valence-electron chi connectivity index (χ2n) is 3.65. The standard InChI is InChI=1S/C11H9N5O/c1-7-14-9-10(15-7)13-6-16(11(9)17)8-2-4-12-5-3-8/h2-6H,1H3,(H,14,15). The fourth-order valence-corrected chi connectivity index (χ4v) is 1.70. The van der Waals surface area contributed by atoms with Crippen molar-refractivity contribution >= 4 is 11.2 Å². The largest absolute Gasteiger partial charge is 0.336 e. The van der Waals surface area contributed by atoms with Crippen LogP contribution in [0.5, 0.6) is 0 Å². The molecule has 3 aromatic heterocycles. The third-order valence-corrected chi connectivity index (χ3v) is 2.47. The highest BCUT2D eigenvalue weighted by molar-refractivity contribution is 5.69. The lowest BCUT2D eigenvalue weighted by molar-refractivity contribution is 0.952. The van der Waals surface area contributed by atoms with Crippen molar-refractivity contribution in [2.45, 2.75) is 6.92 Å². The summed E-state index contributed by atoms with van der Waals surface area (Å²) in [4.78, 5) is 27.3. The van der Waals surface area contributed by atoms with Crippen LogP contribution in [0.15, 0.2) is 35.6 Å². The normalized spacial score (nSPS) is 10.9. The lowest BCUT2D eigenvalue weighted by Gasteiger charge is -2.02. The van der Waals surface area contributed by atoms with Gasteiger partial charge in [-0.25, -0.2) is 9.97 Å². The first kappa shape index (κ1) is 9.71. The number of aryl methyl sites for hydroxylation is 1. The number of aromatic nitrogens is 5. The zero-order valence-corrected chi connectivity index (χ0v) is 9.08. The van der Waals surface area contributed by atoms with Gasteiger partial charge < -0.3 is 4.98 Å². The van der Waals surface area contributed by atoms with Crippen LogP contribution < -0.4 is 5.56 Å². The summed E-state index contributed by atoms with van der Waals surface area (Å²) in [6.07, 6.45) is 4.73. The van der Waals surface area contributed by atoms with Crippen LogP contribution >= 0.6 is 0 Å². The van der Waals surface area contributed by atoms with Gasteiger partial charge >= 0.3 is 0 Å². The Labute approximate surface area is 96.0 Å². The van der Waals surface area contributed by atoms with Crippen LogP contribution in [0.4, 0.5) is 0 Å². The van der Waals surface area contributed by atoms with Crippen LogP contribution in [0.2, 0.25) is 0 Å². The topological polar surface area (TPSA) is 76.5 Å². The van der Waals surface area contributed by atoms with Gasteiger partial charge in [0.2, 0.25) is 0 Å². The van der Waals surface area contributed by atoms with Crippen molar-refractivity contribution in [3.63, 3.8) is 0 Å². The maximum atomic E-state index is 12.2. The van der Waals surface area contributed by atoms with E-state index in [1.54, 1.807) is 31.5 Å². The van der Waals surface area contributed by atoms with Gasteiger partial charge in [0.1, 0.15) is 12.2 Å². The van der Waals surface area contributed by atoms with E-state index in [4.69, 9.17) is 0 Å². The quantitative estimate of drug-likeness (QED) is 0.667. The molecule has 0 unspecified atom stereocenters. The minimum Gasteiger partial charge on any atom is -0.336 e. The number of pyridine rings is 1. The Morgan fingerprint density at radius 3 is 2.82 bits per heavy atom. The van der Waals surface area contributed by atoms with E-state index in [1.807, 2.05) is 0 Å². The predicted octanol–water partition coefficient (Wildman–Crippen LogP) is 0.812. The molecule has 0 aliphatic carbocycles. The summed E-state index contributed by atoms with van der Waals surface area (Å²) in [6.45, 7) is 1.79. The Hall–Kier alpha value is -2.50. The molecule has 0 saturated heterocycles. The maximum absolute atomic E-state index is 12.2. The average molecular weight is 227 g/mol. The molecular weight excluding hydrogens is 218 g/mol. The molecule has 84 valence electrons. The number of hydrogen-bond acceptors (Lipinski definition) is 4. The first-order valence-corrected chi connectivity index (χ1v) is 5.10. The molecule has 0 aliphatic heterocycles. The zero-order chi connectivity index (χ0) is 11.8. The summed E-state index contributed by atoms with van der Waals surface area (Å²) in [5, 5.41) is 0. The highest BCUT2D eigenvalue weighted by atomic mass is 16.1. The third kappa shape index (κ3) is 1.50. The van der Waals surface area contributed by atoms with Gasteiger partial charge in [0.25, 0.3) is 5.56 Å². The number of aromatic amines is 1. The van der Waals surface area contributed by atoms with Crippen molar-refractivity contribution in [3.05, 3.63) is 47.0 Å². The number of H-pyrrole nitrogens is 1. The van der Waals surface area contributed by atoms with Gasteiger partial charge in [-0.15, -0.1) is 0 Å². The Morgan fingerprint density at radius 1 is 1.29 bits per heavy atom. The van der Waals surface area contributed by atoms with Gasteiger partial charge in [0.05, 0.1) is 5.69 Å². The Kier molecular flexibility index (Phi) is 2.01. The predicted molar refractivity (Wildman–Crippen MR) is 62.0 cm³/mol. The molecule has 0 bridgehead atoms. The molecule has 3 rings (SSSR count). The zero-order valence-electron chi connectivity index (χ0n) is 9.08. The molecule has 0 atom stereocenters. The molecule has 0 aromatic carbocycles. The Morgan fingerprint density at radius 2 is 2.06 bits per heavy atom. The number of nitrogens with zero attached hydrogens (tertiary/aromatic N) is 4. The molecule has 0 aliphatic rings. The van der Waals surface area contributed by atoms with Gasteiger partial charge in [0, 0.05) is 12.4 Å². The molecular formula is C11H9N5O. The summed E-state index contributed by atoms with van der Waals surface area (Å²) in [7, 11) is 0. The molecule has 0 spiro atoms. The molecule has 0 saturated carbocycles. The van der Waals surface area contributed by atoms with Crippen molar-refractivity contribution in [2.75, 3.05) is 0 Å². The lowest BCUT2D eigenvalue weighted by Crippen LogP contribution is -2.18. The van der Waals surface area contributed by atoms with Crippen LogP contribution in [-0.2, 0) is 0 Å². The molecule has 3 heterocycles. The summed E-state index contributed by atoms with van der Waals surface area (Å²) < 4.78 is 1.46. The van der Waals surface area contributed by atoms with E-state index in [0.717, 1.165) is 5.69 Å². The van der Waals surface area contributed by atoms with E-state index < -0.39 is 0 Å². The number of hydrogen-bond donors (Lipinski definition) is 1. The van der Waals surface area contributed by atoms with E-state index in [-0.39, 0.29) is 5.56 Å². The smallest absolute Gasteiger partial charge is 0.283 e. The summed E-state index contributed by atoms with van der Waals surface area (Å²) in [5.41, 5.74) is 1.42. The van der Waals surface area contributed by atoms with Gasteiger partial charge in [-0.1, -0.05) is 0 Å². The van der Waals surface area contributed by atoms with Crippen LogP contribution in [0.1, 0.15) is 5.82 Å². The fourth-order valence-electron chi connectivity index (χ4n) is 1.70. The highest BCUT2D eigenvalue weighted by Gasteiger charge is 2.08. The van der Waals surface area contributed by atoms with Crippen LogP contribution in [0, 0.1) is 6.92 Å². The molecule has 3 aromatic rings. The second-order valence-corrected chi connectivity index (χ2v) is 3.65. The number of nitrogens with one attached hydrogen (secondary N) is 1. The molecule has 0 fully saturated rings. The summed E-state index contributed by atoms with van der Waals surface area (Å²) in [5.74, 6) is 0.678. The van der Waals surface area contributed by atoms with Crippen LogP contribution in [-0.4, -0.2) is 24.5 Å². The van der Waals surface area contributed by atoms with E-state index in [0.29, 0.717) is 17.0 Å². The molecule has 6 heteroatoms. The van der Waals surface area contributed by atoms with Gasteiger partial charge in [-0.05, 0) is 19.1 Å². The highest BCUT2D eigenvalue weighted by Crippen LogP contribution is 2.06. The third-order valence-electron chi connectivity index (χ3n) is 2.47. The second kappa shape index (κ2) is 3.51. The summed E-state index contributed by atoms with van der Waals surface area (Å²) in [6, 6.07) is 3.50. The van der Waals surface area contributed by atoms with Crippen LogP contribution in [0.25, 0.3) is 16.9 Å². The number of fused-ring (bicyclic) bond motifs is 1. The molecule has 17 heavy (non-hydrogen) atoms.